The number of nitriles is 1. The van der Waals surface area contributed by atoms with E-state index in [1.165, 1.54) is 31.2 Å². The number of benzene rings is 1. The summed E-state index contributed by atoms with van der Waals surface area (Å²) >= 11 is 0. The molecule has 16 heavy (non-hydrogen) atoms. The van der Waals surface area contributed by atoms with Crippen molar-refractivity contribution in [1.82, 2.24) is 0 Å². The van der Waals surface area contributed by atoms with Crippen LogP contribution in [0.15, 0.2) is 24.3 Å². The molecular weight excluding hydrogens is 196 g/mol. The molecule has 0 amide bonds. The first-order valence-electron chi connectivity index (χ1n) is 6.02. The molecule has 0 spiro atoms. The van der Waals surface area contributed by atoms with Crippen molar-refractivity contribution in [2.45, 2.75) is 38.6 Å². The van der Waals surface area contributed by atoms with Gasteiger partial charge >= 0.3 is 0 Å². The summed E-state index contributed by atoms with van der Waals surface area (Å²) in [7, 11) is 0. The summed E-state index contributed by atoms with van der Waals surface area (Å²) in [6.07, 6.45) is 4.94. The van der Waals surface area contributed by atoms with E-state index in [0.29, 0.717) is 5.92 Å². The van der Waals surface area contributed by atoms with Gasteiger partial charge in [-0.1, -0.05) is 30.5 Å². The Labute approximate surface area is 97.3 Å². The number of aryl methyl sites for hydroxylation is 1. The van der Waals surface area contributed by atoms with Gasteiger partial charge in [-0.15, -0.1) is 0 Å². The van der Waals surface area contributed by atoms with Gasteiger partial charge < -0.3 is 5.32 Å². The molecule has 1 aromatic rings. The van der Waals surface area contributed by atoms with Crippen LogP contribution in [0.3, 0.4) is 0 Å². The SMILES string of the molecule is Cc1ccc(NC(C#N)C2CCCC2)cc1. The van der Waals surface area contributed by atoms with Crippen LogP contribution in [0.25, 0.3) is 0 Å². The highest BCUT2D eigenvalue weighted by molar-refractivity contribution is 5.46. The second-order valence-electron chi connectivity index (χ2n) is 4.66. The van der Waals surface area contributed by atoms with Crippen LogP contribution in [-0.2, 0) is 0 Å². The zero-order valence-electron chi connectivity index (χ0n) is 9.74. The molecule has 0 saturated heterocycles. The highest BCUT2D eigenvalue weighted by Gasteiger charge is 2.24. The Morgan fingerprint density at radius 2 is 1.88 bits per heavy atom. The van der Waals surface area contributed by atoms with E-state index >= 15 is 0 Å². The molecule has 1 aliphatic carbocycles. The second-order valence-corrected chi connectivity index (χ2v) is 4.66. The fourth-order valence-corrected chi connectivity index (χ4v) is 2.38. The fourth-order valence-electron chi connectivity index (χ4n) is 2.38. The van der Waals surface area contributed by atoms with Gasteiger partial charge in [0.05, 0.1) is 6.07 Å². The number of hydrogen-bond acceptors (Lipinski definition) is 2. The molecule has 1 unspecified atom stereocenters. The van der Waals surface area contributed by atoms with Crippen molar-refractivity contribution in [3.8, 4) is 6.07 Å². The fraction of sp³-hybridized carbons (Fsp3) is 0.500. The van der Waals surface area contributed by atoms with E-state index in [1.54, 1.807) is 0 Å². The number of nitrogens with one attached hydrogen (secondary N) is 1. The van der Waals surface area contributed by atoms with E-state index in [0.717, 1.165) is 5.69 Å². The molecule has 0 radical (unpaired) electrons. The van der Waals surface area contributed by atoms with E-state index in [9.17, 15) is 5.26 Å². The van der Waals surface area contributed by atoms with Crippen LogP contribution in [0.2, 0.25) is 0 Å². The standard InChI is InChI=1S/C14H18N2/c1-11-6-8-13(9-7-11)16-14(10-15)12-4-2-3-5-12/h6-9,12,14,16H,2-5H2,1H3. The number of hydrogen-bond donors (Lipinski definition) is 1. The van der Waals surface area contributed by atoms with Gasteiger partial charge in [0, 0.05) is 5.69 Å². The molecule has 1 saturated carbocycles. The Morgan fingerprint density at radius 3 is 2.44 bits per heavy atom. The van der Waals surface area contributed by atoms with Gasteiger partial charge in [0.25, 0.3) is 0 Å². The summed E-state index contributed by atoms with van der Waals surface area (Å²) in [5.74, 6) is 0.534. The van der Waals surface area contributed by atoms with E-state index in [4.69, 9.17) is 0 Å². The van der Waals surface area contributed by atoms with E-state index in [2.05, 4.69) is 42.6 Å². The molecule has 0 aliphatic heterocycles. The Kier molecular flexibility index (Phi) is 3.46. The van der Waals surface area contributed by atoms with Crippen LogP contribution >= 0.6 is 0 Å². The van der Waals surface area contributed by atoms with Gasteiger partial charge in [0.1, 0.15) is 6.04 Å². The molecular formula is C14H18N2. The van der Waals surface area contributed by atoms with Crippen molar-refractivity contribution in [3.63, 3.8) is 0 Å². The summed E-state index contributed by atoms with van der Waals surface area (Å²) in [6.45, 7) is 2.07. The topological polar surface area (TPSA) is 35.8 Å². The zero-order valence-corrected chi connectivity index (χ0v) is 9.74. The highest BCUT2D eigenvalue weighted by atomic mass is 14.9. The monoisotopic (exact) mass is 214 g/mol. The zero-order chi connectivity index (χ0) is 11.4. The van der Waals surface area contributed by atoms with Gasteiger partial charge in [0.15, 0.2) is 0 Å². The minimum atomic E-state index is -0.0230. The van der Waals surface area contributed by atoms with Crippen molar-refractivity contribution < 1.29 is 0 Å². The van der Waals surface area contributed by atoms with Crippen LogP contribution in [0.5, 0.6) is 0 Å². The summed E-state index contributed by atoms with van der Waals surface area (Å²) in [5.41, 5.74) is 2.31. The number of nitrogens with zero attached hydrogens (tertiary/aromatic N) is 1. The Bertz CT molecular complexity index is 369. The Morgan fingerprint density at radius 1 is 1.25 bits per heavy atom. The molecule has 2 heteroatoms. The molecule has 2 nitrogen and oxygen atoms in total. The molecule has 1 N–H and O–H groups in total. The average molecular weight is 214 g/mol. The smallest absolute Gasteiger partial charge is 0.117 e. The quantitative estimate of drug-likeness (QED) is 0.836. The van der Waals surface area contributed by atoms with Gasteiger partial charge in [0.2, 0.25) is 0 Å². The van der Waals surface area contributed by atoms with Crippen molar-refractivity contribution in [2.24, 2.45) is 5.92 Å². The number of rotatable bonds is 3. The van der Waals surface area contributed by atoms with Gasteiger partial charge in [-0.25, -0.2) is 0 Å². The van der Waals surface area contributed by atoms with Crippen LogP contribution in [-0.4, -0.2) is 6.04 Å². The molecule has 0 aromatic heterocycles. The van der Waals surface area contributed by atoms with E-state index in [1.807, 2.05) is 0 Å². The minimum Gasteiger partial charge on any atom is -0.370 e. The van der Waals surface area contributed by atoms with Crippen LogP contribution in [0.1, 0.15) is 31.2 Å². The van der Waals surface area contributed by atoms with Gasteiger partial charge in [-0.3, -0.25) is 0 Å². The van der Waals surface area contributed by atoms with Gasteiger partial charge in [-0.05, 0) is 37.8 Å². The molecule has 84 valence electrons. The maximum absolute atomic E-state index is 9.19. The first-order chi connectivity index (χ1) is 7.79. The molecule has 0 bridgehead atoms. The Hall–Kier alpha value is -1.49. The number of anilines is 1. The van der Waals surface area contributed by atoms with Crippen molar-refractivity contribution in [3.05, 3.63) is 29.8 Å². The minimum absolute atomic E-state index is 0.0230. The lowest BCUT2D eigenvalue weighted by Crippen LogP contribution is -2.25. The third-order valence-electron chi connectivity index (χ3n) is 3.38. The largest absolute Gasteiger partial charge is 0.370 e. The molecule has 1 fully saturated rings. The van der Waals surface area contributed by atoms with Gasteiger partial charge in [-0.2, -0.15) is 5.26 Å². The third-order valence-corrected chi connectivity index (χ3v) is 3.38. The van der Waals surface area contributed by atoms with E-state index < -0.39 is 0 Å². The van der Waals surface area contributed by atoms with E-state index in [-0.39, 0.29) is 6.04 Å². The van der Waals surface area contributed by atoms with Crippen LogP contribution < -0.4 is 5.32 Å². The molecule has 0 heterocycles. The maximum atomic E-state index is 9.19. The lowest BCUT2D eigenvalue weighted by molar-refractivity contribution is 0.520. The average Bonchev–Trinajstić information content (AvgIpc) is 2.82. The lowest BCUT2D eigenvalue weighted by atomic mass is 9.99. The summed E-state index contributed by atoms with van der Waals surface area (Å²) in [6, 6.07) is 10.6. The second kappa shape index (κ2) is 5.03. The first kappa shape index (κ1) is 11.0. The summed E-state index contributed by atoms with van der Waals surface area (Å²) in [4.78, 5) is 0. The lowest BCUT2D eigenvalue weighted by Gasteiger charge is -2.19. The molecule has 1 atom stereocenters. The highest BCUT2D eigenvalue weighted by Crippen LogP contribution is 2.29. The predicted molar refractivity (Wildman–Crippen MR) is 66.2 cm³/mol. The maximum Gasteiger partial charge on any atom is 0.117 e. The van der Waals surface area contributed by atoms with Crippen molar-refractivity contribution in [2.75, 3.05) is 5.32 Å². The van der Waals surface area contributed by atoms with Crippen LogP contribution in [0.4, 0.5) is 5.69 Å². The summed E-state index contributed by atoms with van der Waals surface area (Å²) in [5, 5.41) is 12.5. The third kappa shape index (κ3) is 2.55. The van der Waals surface area contributed by atoms with Crippen molar-refractivity contribution >= 4 is 5.69 Å². The molecule has 2 rings (SSSR count). The normalized spacial score (nSPS) is 18.0. The van der Waals surface area contributed by atoms with Crippen LogP contribution in [0, 0.1) is 24.2 Å². The molecule has 1 aliphatic rings. The first-order valence-corrected chi connectivity index (χ1v) is 6.02. The molecule has 1 aromatic carbocycles. The summed E-state index contributed by atoms with van der Waals surface area (Å²) < 4.78 is 0. The van der Waals surface area contributed by atoms with Crippen molar-refractivity contribution in [1.29, 1.82) is 5.26 Å². The Balaban J connectivity index is 2.01. The predicted octanol–water partition coefficient (Wildman–Crippen LogP) is 3.49.